The Morgan fingerprint density at radius 2 is 2.00 bits per heavy atom. The SMILES string of the molecule is CCCNC(c1cc(Cl)c(Br)cc1F)c1ccccc1I. The van der Waals surface area contributed by atoms with Crippen LogP contribution >= 0.6 is 50.1 Å². The number of benzene rings is 2. The van der Waals surface area contributed by atoms with E-state index in [-0.39, 0.29) is 11.9 Å². The number of hydrogen-bond acceptors (Lipinski definition) is 1. The van der Waals surface area contributed by atoms with Crippen molar-refractivity contribution in [1.82, 2.24) is 5.32 Å². The lowest BCUT2D eigenvalue weighted by Crippen LogP contribution is -2.25. The van der Waals surface area contributed by atoms with E-state index in [1.165, 1.54) is 6.07 Å². The molecule has 0 amide bonds. The third-order valence-electron chi connectivity index (χ3n) is 3.17. The molecule has 1 N–H and O–H groups in total. The Bertz CT molecular complexity index is 636. The van der Waals surface area contributed by atoms with Crippen LogP contribution in [0.1, 0.15) is 30.5 Å². The fourth-order valence-electron chi connectivity index (χ4n) is 2.14. The highest BCUT2D eigenvalue weighted by molar-refractivity contribution is 14.1. The predicted octanol–water partition coefficient (Wildman–Crippen LogP) is 5.94. The smallest absolute Gasteiger partial charge is 0.129 e. The molecule has 1 nitrogen and oxygen atoms in total. The highest BCUT2D eigenvalue weighted by Crippen LogP contribution is 2.33. The van der Waals surface area contributed by atoms with Crippen molar-refractivity contribution < 1.29 is 4.39 Å². The second kappa shape index (κ2) is 7.90. The van der Waals surface area contributed by atoms with E-state index in [9.17, 15) is 4.39 Å². The number of rotatable bonds is 5. The van der Waals surface area contributed by atoms with Crippen molar-refractivity contribution in [3.05, 3.63) is 66.4 Å². The second-order valence-corrected chi connectivity index (χ2v) is 7.12. The van der Waals surface area contributed by atoms with Crippen molar-refractivity contribution in [2.24, 2.45) is 0 Å². The second-order valence-electron chi connectivity index (χ2n) is 4.70. The molecule has 2 aromatic carbocycles. The first-order valence-electron chi connectivity index (χ1n) is 6.66. The van der Waals surface area contributed by atoms with Gasteiger partial charge in [0.1, 0.15) is 5.82 Å². The molecule has 2 aromatic rings. The van der Waals surface area contributed by atoms with E-state index in [0.29, 0.717) is 15.1 Å². The summed E-state index contributed by atoms with van der Waals surface area (Å²) in [6.07, 6.45) is 0.978. The van der Waals surface area contributed by atoms with Gasteiger partial charge in [-0.15, -0.1) is 0 Å². The molecule has 0 spiro atoms. The van der Waals surface area contributed by atoms with E-state index >= 15 is 0 Å². The molecule has 0 aliphatic rings. The molecule has 0 saturated carbocycles. The Labute approximate surface area is 151 Å². The molecule has 0 fully saturated rings. The largest absolute Gasteiger partial charge is 0.306 e. The van der Waals surface area contributed by atoms with E-state index in [1.54, 1.807) is 6.07 Å². The number of hydrogen-bond donors (Lipinski definition) is 1. The highest BCUT2D eigenvalue weighted by atomic mass is 127. The topological polar surface area (TPSA) is 12.0 Å². The first-order valence-corrected chi connectivity index (χ1v) is 8.91. The van der Waals surface area contributed by atoms with Crippen LogP contribution < -0.4 is 5.32 Å². The molecular weight excluding hydrogens is 467 g/mol. The average Bonchev–Trinajstić information content (AvgIpc) is 2.46. The maximum Gasteiger partial charge on any atom is 0.129 e. The molecule has 0 radical (unpaired) electrons. The third-order valence-corrected chi connectivity index (χ3v) is 5.34. The van der Waals surface area contributed by atoms with Gasteiger partial charge < -0.3 is 5.32 Å². The number of nitrogens with one attached hydrogen (secondary N) is 1. The van der Waals surface area contributed by atoms with Gasteiger partial charge in [0.25, 0.3) is 0 Å². The van der Waals surface area contributed by atoms with Crippen molar-refractivity contribution in [2.75, 3.05) is 6.54 Å². The molecule has 0 aliphatic carbocycles. The Morgan fingerprint density at radius 1 is 1.29 bits per heavy atom. The normalized spacial score (nSPS) is 12.4. The summed E-state index contributed by atoms with van der Waals surface area (Å²) in [7, 11) is 0. The quantitative estimate of drug-likeness (QED) is 0.411. The van der Waals surface area contributed by atoms with Crippen molar-refractivity contribution in [3.8, 4) is 0 Å². The summed E-state index contributed by atoms with van der Waals surface area (Å²) in [6.45, 7) is 2.90. The van der Waals surface area contributed by atoms with Gasteiger partial charge >= 0.3 is 0 Å². The van der Waals surface area contributed by atoms with Gasteiger partial charge in [0.2, 0.25) is 0 Å². The van der Waals surface area contributed by atoms with Gasteiger partial charge in [0, 0.05) is 13.6 Å². The average molecular weight is 483 g/mol. The molecule has 5 heteroatoms. The van der Waals surface area contributed by atoms with E-state index in [2.05, 4.69) is 50.8 Å². The summed E-state index contributed by atoms with van der Waals surface area (Å²) in [4.78, 5) is 0. The summed E-state index contributed by atoms with van der Waals surface area (Å²) < 4.78 is 16.1. The first kappa shape index (κ1) is 17.2. The lowest BCUT2D eigenvalue weighted by atomic mass is 9.98. The van der Waals surface area contributed by atoms with Crippen molar-refractivity contribution in [3.63, 3.8) is 0 Å². The van der Waals surface area contributed by atoms with Crippen LogP contribution in [0.4, 0.5) is 4.39 Å². The number of halogens is 4. The van der Waals surface area contributed by atoms with Gasteiger partial charge in [-0.05, 0) is 75.2 Å². The Morgan fingerprint density at radius 3 is 2.67 bits per heavy atom. The predicted molar refractivity (Wildman–Crippen MR) is 98.4 cm³/mol. The standard InChI is InChI=1S/C16H15BrClFIN/c1-2-7-21-16(10-5-3-4-6-15(10)20)11-8-13(18)12(17)9-14(11)19/h3-6,8-9,16,21H,2,7H2,1H3. The van der Waals surface area contributed by atoms with Gasteiger partial charge in [-0.2, -0.15) is 0 Å². The Hall–Kier alpha value is -0.170. The van der Waals surface area contributed by atoms with E-state index in [0.717, 1.165) is 22.1 Å². The molecule has 2 rings (SSSR count). The zero-order chi connectivity index (χ0) is 15.4. The molecule has 0 aliphatic heterocycles. The summed E-state index contributed by atoms with van der Waals surface area (Å²) in [5.41, 5.74) is 1.63. The first-order chi connectivity index (χ1) is 10.0. The molecule has 0 aromatic heterocycles. The van der Waals surface area contributed by atoms with Crippen LogP contribution in [0.3, 0.4) is 0 Å². The maximum absolute atomic E-state index is 14.4. The lowest BCUT2D eigenvalue weighted by Gasteiger charge is -2.22. The van der Waals surface area contributed by atoms with Gasteiger partial charge in [0.15, 0.2) is 0 Å². The zero-order valence-electron chi connectivity index (χ0n) is 11.5. The molecule has 0 heterocycles. The van der Waals surface area contributed by atoms with Crippen LogP contribution in [-0.2, 0) is 0 Å². The van der Waals surface area contributed by atoms with Crippen LogP contribution in [0, 0.1) is 9.39 Å². The molecule has 112 valence electrons. The molecule has 0 bridgehead atoms. The van der Waals surface area contributed by atoms with Crippen LogP contribution in [0.25, 0.3) is 0 Å². The van der Waals surface area contributed by atoms with Crippen molar-refractivity contribution in [2.45, 2.75) is 19.4 Å². The van der Waals surface area contributed by atoms with Crippen molar-refractivity contribution in [1.29, 1.82) is 0 Å². The summed E-state index contributed by atoms with van der Waals surface area (Å²) in [6, 6.07) is 10.9. The molecule has 1 unspecified atom stereocenters. The van der Waals surface area contributed by atoms with E-state index in [4.69, 9.17) is 11.6 Å². The maximum atomic E-state index is 14.4. The molecule has 21 heavy (non-hydrogen) atoms. The Kier molecular flexibility index (Phi) is 6.47. The minimum atomic E-state index is -0.264. The van der Waals surface area contributed by atoms with Gasteiger partial charge in [-0.25, -0.2) is 4.39 Å². The molecule has 1 atom stereocenters. The van der Waals surface area contributed by atoms with Gasteiger partial charge in [-0.1, -0.05) is 36.7 Å². The summed E-state index contributed by atoms with van der Waals surface area (Å²) in [5.74, 6) is -0.264. The van der Waals surface area contributed by atoms with Crippen LogP contribution in [0.2, 0.25) is 5.02 Å². The summed E-state index contributed by atoms with van der Waals surface area (Å²) in [5, 5.41) is 3.93. The van der Waals surface area contributed by atoms with Gasteiger partial charge in [0.05, 0.1) is 11.1 Å². The van der Waals surface area contributed by atoms with Crippen LogP contribution in [-0.4, -0.2) is 6.54 Å². The van der Waals surface area contributed by atoms with Crippen LogP contribution in [0.15, 0.2) is 40.9 Å². The van der Waals surface area contributed by atoms with E-state index in [1.807, 2.05) is 24.3 Å². The molecular formula is C16H15BrClFIN. The van der Waals surface area contributed by atoms with Crippen molar-refractivity contribution >= 4 is 50.1 Å². The van der Waals surface area contributed by atoms with Crippen LogP contribution in [0.5, 0.6) is 0 Å². The minimum absolute atomic E-state index is 0.205. The van der Waals surface area contributed by atoms with E-state index < -0.39 is 0 Å². The Balaban J connectivity index is 2.51. The minimum Gasteiger partial charge on any atom is -0.306 e. The lowest BCUT2D eigenvalue weighted by molar-refractivity contribution is 0.545. The third kappa shape index (κ3) is 4.18. The monoisotopic (exact) mass is 481 g/mol. The molecule has 0 saturated heterocycles. The summed E-state index contributed by atoms with van der Waals surface area (Å²) >= 11 is 11.7. The highest BCUT2D eigenvalue weighted by Gasteiger charge is 2.20. The zero-order valence-corrected chi connectivity index (χ0v) is 16.0. The fourth-order valence-corrected chi connectivity index (χ4v) is 3.33. The fraction of sp³-hybridized carbons (Fsp3) is 0.250. The van der Waals surface area contributed by atoms with Gasteiger partial charge in [-0.3, -0.25) is 0 Å².